The molecule has 7 heteroatoms. The third kappa shape index (κ3) is 2.30. The van der Waals surface area contributed by atoms with Crippen molar-refractivity contribution in [2.45, 2.75) is 11.8 Å². The number of hydrogen-bond acceptors (Lipinski definition) is 3. The second-order valence-electron chi connectivity index (χ2n) is 4.26. The van der Waals surface area contributed by atoms with Crippen molar-refractivity contribution in [3.8, 4) is 0 Å². The van der Waals surface area contributed by atoms with Crippen molar-refractivity contribution in [1.82, 2.24) is 9.97 Å². The number of carbonyl (C=O) groups excluding carboxylic acids is 1. The molecule has 1 aliphatic rings. The van der Waals surface area contributed by atoms with E-state index in [1.807, 2.05) is 18.2 Å². The topological polar surface area (TPSA) is 46.1 Å². The molecule has 0 bridgehead atoms. The van der Waals surface area contributed by atoms with Crippen molar-refractivity contribution in [3.05, 3.63) is 28.0 Å². The van der Waals surface area contributed by atoms with Gasteiger partial charge < -0.3 is 0 Å². The van der Waals surface area contributed by atoms with Crippen LogP contribution >= 0.6 is 39.1 Å². The maximum absolute atomic E-state index is 12.0. The molecule has 0 N–H and O–H groups in total. The van der Waals surface area contributed by atoms with Crippen LogP contribution < -0.4 is 4.90 Å². The van der Waals surface area contributed by atoms with Crippen LogP contribution in [0, 0.1) is 0 Å². The Morgan fingerprint density at radius 2 is 2.16 bits per heavy atom. The molecule has 4 nitrogen and oxygen atoms in total. The Bertz CT molecular complexity index is 679. The van der Waals surface area contributed by atoms with Crippen molar-refractivity contribution in [2.24, 2.45) is 0 Å². The van der Waals surface area contributed by atoms with Gasteiger partial charge in [0, 0.05) is 22.8 Å². The highest BCUT2D eigenvalue weighted by molar-refractivity contribution is 9.10. The average molecular weight is 361 g/mol. The Labute approximate surface area is 127 Å². The third-order valence-electron chi connectivity index (χ3n) is 2.96. The van der Waals surface area contributed by atoms with Crippen molar-refractivity contribution < 1.29 is 4.79 Å². The number of fused-ring (bicyclic) bond motifs is 1. The van der Waals surface area contributed by atoms with Gasteiger partial charge in [-0.25, -0.2) is 4.98 Å². The summed E-state index contributed by atoms with van der Waals surface area (Å²) >= 11 is 15.4. The van der Waals surface area contributed by atoms with Crippen molar-refractivity contribution in [1.29, 1.82) is 0 Å². The van der Waals surface area contributed by atoms with E-state index >= 15 is 0 Å². The van der Waals surface area contributed by atoms with Gasteiger partial charge in [-0.3, -0.25) is 9.69 Å². The standard InChI is InChI=1S/C12H8BrCl2N3O/c13-8-3-1-2-7-10(8)16-12(15)17-11(7)18-5-6(14)4-9(18)19/h1-3,6H,4-5H2. The number of nitrogens with zero attached hydrogens (tertiary/aromatic N) is 3. The molecule has 0 aliphatic carbocycles. The normalized spacial score (nSPS) is 19.4. The second kappa shape index (κ2) is 4.89. The summed E-state index contributed by atoms with van der Waals surface area (Å²) in [7, 11) is 0. The Kier molecular flexibility index (Phi) is 3.37. The highest BCUT2D eigenvalue weighted by Crippen LogP contribution is 2.32. The van der Waals surface area contributed by atoms with Gasteiger partial charge in [0.2, 0.25) is 11.2 Å². The van der Waals surface area contributed by atoms with Crippen LogP contribution in [0.2, 0.25) is 5.28 Å². The van der Waals surface area contributed by atoms with Crippen LogP contribution in [0.15, 0.2) is 22.7 Å². The van der Waals surface area contributed by atoms with Crippen LogP contribution in [0.4, 0.5) is 5.82 Å². The summed E-state index contributed by atoms with van der Waals surface area (Å²) in [5.74, 6) is 0.473. The lowest BCUT2D eigenvalue weighted by atomic mass is 10.2. The van der Waals surface area contributed by atoms with Crippen LogP contribution in [0.1, 0.15) is 6.42 Å². The predicted octanol–water partition coefficient (Wildman–Crippen LogP) is 3.39. The monoisotopic (exact) mass is 359 g/mol. The molecule has 2 aromatic rings. The maximum Gasteiger partial charge on any atom is 0.229 e. The number of carbonyl (C=O) groups is 1. The van der Waals surface area contributed by atoms with Crippen LogP contribution in [-0.4, -0.2) is 27.8 Å². The molecule has 1 unspecified atom stereocenters. The summed E-state index contributed by atoms with van der Waals surface area (Å²) in [6.07, 6.45) is 0.318. The van der Waals surface area contributed by atoms with Crippen LogP contribution in [0.3, 0.4) is 0 Å². The minimum absolute atomic E-state index is 0.0453. The van der Waals surface area contributed by atoms with Gasteiger partial charge in [-0.1, -0.05) is 6.07 Å². The van der Waals surface area contributed by atoms with Crippen molar-refractivity contribution in [3.63, 3.8) is 0 Å². The lowest BCUT2D eigenvalue weighted by molar-refractivity contribution is -0.117. The maximum atomic E-state index is 12.0. The zero-order chi connectivity index (χ0) is 13.6. The fraction of sp³-hybridized carbons (Fsp3) is 0.250. The first-order valence-electron chi connectivity index (χ1n) is 5.62. The number of amides is 1. The molecular weight excluding hydrogens is 353 g/mol. The Morgan fingerprint density at radius 1 is 1.37 bits per heavy atom. The molecule has 2 heterocycles. The SMILES string of the molecule is O=C1CC(Cl)CN1c1nc(Cl)nc2c(Br)cccc12. The van der Waals surface area contributed by atoms with Crippen LogP contribution in [0.25, 0.3) is 10.9 Å². The quantitative estimate of drug-likeness (QED) is 0.578. The Morgan fingerprint density at radius 3 is 2.84 bits per heavy atom. The smallest absolute Gasteiger partial charge is 0.229 e. The number of halogens is 3. The summed E-state index contributed by atoms with van der Waals surface area (Å²) < 4.78 is 0.810. The molecule has 1 aromatic carbocycles. The van der Waals surface area contributed by atoms with Gasteiger partial charge in [-0.05, 0) is 39.7 Å². The molecule has 3 rings (SSSR count). The highest BCUT2D eigenvalue weighted by atomic mass is 79.9. The molecule has 19 heavy (non-hydrogen) atoms. The number of para-hydroxylation sites is 1. The number of alkyl halides is 1. The lowest BCUT2D eigenvalue weighted by Crippen LogP contribution is -2.26. The molecule has 1 fully saturated rings. The number of aromatic nitrogens is 2. The fourth-order valence-corrected chi connectivity index (χ4v) is 3.04. The van der Waals surface area contributed by atoms with Gasteiger partial charge in [0.15, 0.2) is 0 Å². The molecule has 1 saturated heterocycles. The first-order chi connectivity index (χ1) is 9.06. The van der Waals surface area contributed by atoms with Gasteiger partial charge in [-0.2, -0.15) is 4.98 Å². The van der Waals surface area contributed by atoms with E-state index in [1.54, 1.807) is 4.90 Å². The zero-order valence-corrected chi connectivity index (χ0v) is 12.7. The van der Waals surface area contributed by atoms with E-state index in [4.69, 9.17) is 23.2 Å². The molecule has 0 spiro atoms. The summed E-state index contributed by atoms with van der Waals surface area (Å²) in [5.41, 5.74) is 0.684. The Hall–Kier alpha value is -0.910. The molecule has 1 atom stereocenters. The first-order valence-corrected chi connectivity index (χ1v) is 7.23. The number of benzene rings is 1. The first kappa shape index (κ1) is 13.1. The molecule has 0 saturated carbocycles. The van der Waals surface area contributed by atoms with Crippen molar-refractivity contribution in [2.75, 3.05) is 11.4 Å². The van der Waals surface area contributed by atoms with E-state index in [9.17, 15) is 4.79 Å². The summed E-state index contributed by atoms with van der Waals surface area (Å²) in [6, 6.07) is 5.60. The van der Waals surface area contributed by atoms with E-state index < -0.39 is 0 Å². The molecule has 0 radical (unpaired) electrons. The fourth-order valence-electron chi connectivity index (χ4n) is 2.15. The number of anilines is 1. The highest BCUT2D eigenvalue weighted by Gasteiger charge is 2.31. The number of rotatable bonds is 1. The van der Waals surface area contributed by atoms with Gasteiger partial charge in [0.1, 0.15) is 5.82 Å². The minimum Gasteiger partial charge on any atom is -0.295 e. The van der Waals surface area contributed by atoms with E-state index in [2.05, 4.69) is 25.9 Å². The van der Waals surface area contributed by atoms with Gasteiger partial charge >= 0.3 is 0 Å². The van der Waals surface area contributed by atoms with Crippen LogP contribution in [-0.2, 0) is 4.79 Å². The van der Waals surface area contributed by atoms with E-state index in [0.29, 0.717) is 24.3 Å². The predicted molar refractivity (Wildman–Crippen MR) is 78.9 cm³/mol. The van der Waals surface area contributed by atoms with Crippen LogP contribution in [0.5, 0.6) is 0 Å². The van der Waals surface area contributed by atoms with E-state index in [1.165, 1.54) is 0 Å². The summed E-state index contributed by atoms with van der Waals surface area (Å²) in [4.78, 5) is 21.9. The van der Waals surface area contributed by atoms with Gasteiger partial charge in [-0.15, -0.1) is 11.6 Å². The van der Waals surface area contributed by atoms with Gasteiger partial charge in [0.05, 0.1) is 10.9 Å². The second-order valence-corrected chi connectivity index (χ2v) is 6.07. The molecular formula is C12H8BrCl2N3O. The van der Waals surface area contributed by atoms with E-state index in [0.717, 1.165) is 9.86 Å². The molecule has 1 aromatic heterocycles. The lowest BCUT2D eigenvalue weighted by Gasteiger charge is -2.17. The largest absolute Gasteiger partial charge is 0.295 e. The summed E-state index contributed by atoms with van der Waals surface area (Å²) in [6.45, 7) is 0.440. The number of hydrogen-bond donors (Lipinski definition) is 0. The zero-order valence-electron chi connectivity index (χ0n) is 9.61. The van der Waals surface area contributed by atoms with Crippen molar-refractivity contribution >= 4 is 61.8 Å². The molecule has 98 valence electrons. The average Bonchev–Trinajstić information content (AvgIpc) is 2.69. The minimum atomic E-state index is -0.191. The molecule has 1 aliphatic heterocycles. The van der Waals surface area contributed by atoms with Gasteiger partial charge in [0.25, 0.3) is 0 Å². The third-order valence-corrected chi connectivity index (χ3v) is 4.06. The van der Waals surface area contributed by atoms with E-state index in [-0.39, 0.29) is 16.6 Å². The Balaban J connectivity index is 2.23. The summed E-state index contributed by atoms with van der Waals surface area (Å²) in [5, 5.41) is 0.696. The molecule has 1 amide bonds.